The fourth-order valence-electron chi connectivity index (χ4n) is 2.57. The SMILES string of the molecule is Cc1cc(C)n(-c2ccc(NC(=O)CCc3ccccc3)cn2)n1. The van der Waals surface area contributed by atoms with Crippen LogP contribution in [0, 0.1) is 13.8 Å². The van der Waals surface area contributed by atoms with Gasteiger partial charge in [-0.15, -0.1) is 0 Å². The van der Waals surface area contributed by atoms with Crippen molar-refractivity contribution >= 4 is 11.6 Å². The number of hydrogen-bond donors (Lipinski definition) is 1. The van der Waals surface area contributed by atoms with Gasteiger partial charge in [-0.05, 0) is 44.0 Å². The summed E-state index contributed by atoms with van der Waals surface area (Å²) in [5.41, 5.74) is 3.83. The first-order valence-electron chi connectivity index (χ1n) is 7.95. The number of aryl methyl sites for hydroxylation is 3. The minimum atomic E-state index is -0.0143. The summed E-state index contributed by atoms with van der Waals surface area (Å²) in [4.78, 5) is 16.4. The fourth-order valence-corrected chi connectivity index (χ4v) is 2.57. The Morgan fingerprint density at radius 2 is 1.92 bits per heavy atom. The lowest BCUT2D eigenvalue weighted by molar-refractivity contribution is -0.116. The minimum Gasteiger partial charge on any atom is -0.325 e. The first-order valence-corrected chi connectivity index (χ1v) is 7.95. The predicted molar refractivity (Wildman–Crippen MR) is 94.2 cm³/mol. The third-order valence-electron chi connectivity index (χ3n) is 3.74. The molecular weight excluding hydrogens is 300 g/mol. The Morgan fingerprint density at radius 1 is 1.12 bits per heavy atom. The molecule has 0 atom stereocenters. The van der Waals surface area contributed by atoms with Gasteiger partial charge in [0.15, 0.2) is 5.82 Å². The maximum absolute atomic E-state index is 12.0. The van der Waals surface area contributed by atoms with E-state index in [0.29, 0.717) is 12.1 Å². The Hall–Kier alpha value is -2.95. The van der Waals surface area contributed by atoms with Gasteiger partial charge in [-0.1, -0.05) is 30.3 Å². The van der Waals surface area contributed by atoms with E-state index in [0.717, 1.165) is 29.2 Å². The molecular formula is C19H20N4O. The number of nitrogens with one attached hydrogen (secondary N) is 1. The number of anilines is 1. The monoisotopic (exact) mass is 320 g/mol. The van der Waals surface area contributed by atoms with Crippen LogP contribution >= 0.6 is 0 Å². The van der Waals surface area contributed by atoms with Gasteiger partial charge in [-0.2, -0.15) is 5.10 Å². The third-order valence-corrected chi connectivity index (χ3v) is 3.74. The van der Waals surface area contributed by atoms with Crippen LogP contribution in [0.2, 0.25) is 0 Å². The average Bonchev–Trinajstić information content (AvgIpc) is 2.93. The van der Waals surface area contributed by atoms with Gasteiger partial charge >= 0.3 is 0 Å². The number of pyridine rings is 1. The maximum Gasteiger partial charge on any atom is 0.224 e. The van der Waals surface area contributed by atoms with Crippen LogP contribution < -0.4 is 5.32 Å². The van der Waals surface area contributed by atoms with E-state index in [4.69, 9.17) is 0 Å². The molecule has 0 aliphatic rings. The van der Waals surface area contributed by atoms with E-state index in [1.165, 1.54) is 0 Å². The molecule has 0 saturated heterocycles. The molecule has 5 heteroatoms. The molecule has 0 unspecified atom stereocenters. The molecule has 3 aromatic rings. The van der Waals surface area contributed by atoms with Gasteiger partial charge in [0, 0.05) is 12.1 Å². The van der Waals surface area contributed by atoms with Crippen molar-refractivity contribution in [3.63, 3.8) is 0 Å². The summed E-state index contributed by atoms with van der Waals surface area (Å²) in [7, 11) is 0. The molecule has 2 aromatic heterocycles. The van der Waals surface area contributed by atoms with E-state index in [2.05, 4.69) is 15.4 Å². The molecule has 0 aliphatic carbocycles. The molecule has 1 N–H and O–H groups in total. The summed E-state index contributed by atoms with van der Waals surface area (Å²) in [6, 6.07) is 15.7. The number of rotatable bonds is 5. The molecule has 0 aliphatic heterocycles. The first kappa shape index (κ1) is 15.9. The highest BCUT2D eigenvalue weighted by Crippen LogP contribution is 2.13. The van der Waals surface area contributed by atoms with Crippen molar-refractivity contribution in [2.45, 2.75) is 26.7 Å². The van der Waals surface area contributed by atoms with Gasteiger partial charge < -0.3 is 5.32 Å². The third kappa shape index (κ3) is 3.87. The van der Waals surface area contributed by atoms with E-state index in [1.54, 1.807) is 10.9 Å². The van der Waals surface area contributed by atoms with E-state index in [1.807, 2.05) is 62.4 Å². The van der Waals surface area contributed by atoms with Crippen LogP contribution in [0.5, 0.6) is 0 Å². The minimum absolute atomic E-state index is 0.0143. The highest BCUT2D eigenvalue weighted by molar-refractivity contribution is 5.90. The maximum atomic E-state index is 12.0. The zero-order valence-electron chi connectivity index (χ0n) is 13.9. The molecule has 0 saturated carbocycles. The zero-order valence-corrected chi connectivity index (χ0v) is 13.9. The lowest BCUT2D eigenvalue weighted by atomic mass is 10.1. The quantitative estimate of drug-likeness (QED) is 0.783. The van der Waals surface area contributed by atoms with Crippen molar-refractivity contribution in [2.24, 2.45) is 0 Å². The molecule has 3 rings (SSSR count). The molecule has 0 bridgehead atoms. The van der Waals surface area contributed by atoms with E-state index in [-0.39, 0.29) is 5.91 Å². The highest BCUT2D eigenvalue weighted by Gasteiger charge is 2.07. The van der Waals surface area contributed by atoms with Crippen molar-refractivity contribution in [3.8, 4) is 5.82 Å². The van der Waals surface area contributed by atoms with Crippen LogP contribution in [0.4, 0.5) is 5.69 Å². The topological polar surface area (TPSA) is 59.8 Å². The number of carbonyl (C=O) groups excluding carboxylic acids is 1. The molecule has 1 amide bonds. The van der Waals surface area contributed by atoms with E-state index < -0.39 is 0 Å². The fraction of sp³-hybridized carbons (Fsp3) is 0.211. The Morgan fingerprint density at radius 3 is 2.54 bits per heavy atom. The Bertz CT molecular complexity index is 822. The van der Waals surface area contributed by atoms with E-state index in [9.17, 15) is 4.79 Å². The molecule has 0 radical (unpaired) electrons. The van der Waals surface area contributed by atoms with Gasteiger partial charge in [0.1, 0.15) is 0 Å². The smallest absolute Gasteiger partial charge is 0.224 e. The van der Waals surface area contributed by atoms with Gasteiger partial charge in [0.25, 0.3) is 0 Å². The van der Waals surface area contributed by atoms with Crippen LogP contribution in [0.1, 0.15) is 23.4 Å². The zero-order chi connectivity index (χ0) is 16.9. The normalized spacial score (nSPS) is 10.6. The molecule has 0 fully saturated rings. The van der Waals surface area contributed by atoms with Crippen molar-refractivity contribution in [2.75, 3.05) is 5.32 Å². The number of benzene rings is 1. The van der Waals surface area contributed by atoms with Gasteiger partial charge in [-0.3, -0.25) is 4.79 Å². The van der Waals surface area contributed by atoms with Crippen LogP contribution in [-0.2, 0) is 11.2 Å². The second kappa shape index (κ2) is 7.08. The van der Waals surface area contributed by atoms with Crippen LogP contribution in [-0.4, -0.2) is 20.7 Å². The molecule has 5 nitrogen and oxygen atoms in total. The molecule has 0 spiro atoms. The Balaban J connectivity index is 1.60. The van der Waals surface area contributed by atoms with Gasteiger partial charge in [-0.25, -0.2) is 9.67 Å². The number of hydrogen-bond acceptors (Lipinski definition) is 3. The van der Waals surface area contributed by atoms with Crippen molar-refractivity contribution < 1.29 is 4.79 Å². The predicted octanol–water partition coefficient (Wildman–Crippen LogP) is 3.46. The van der Waals surface area contributed by atoms with Crippen LogP contribution in [0.3, 0.4) is 0 Å². The highest BCUT2D eigenvalue weighted by atomic mass is 16.1. The van der Waals surface area contributed by atoms with Crippen LogP contribution in [0.25, 0.3) is 5.82 Å². The van der Waals surface area contributed by atoms with E-state index >= 15 is 0 Å². The number of amides is 1. The molecule has 2 heterocycles. The average molecular weight is 320 g/mol. The summed E-state index contributed by atoms with van der Waals surface area (Å²) in [6.07, 6.45) is 2.83. The molecule has 1 aromatic carbocycles. The van der Waals surface area contributed by atoms with Crippen molar-refractivity contribution in [1.29, 1.82) is 0 Å². The molecule has 122 valence electrons. The van der Waals surface area contributed by atoms with Crippen molar-refractivity contribution in [3.05, 3.63) is 71.7 Å². The Labute approximate surface area is 141 Å². The summed E-state index contributed by atoms with van der Waals surface area (Å²) >= 11 is 0. The summed E-state index contributed by atoms with van der Waals surface area (Å²) in [6.45, 7) is 3.94. The number of nitrogens with zero attached hydrogens (tertiary/aromatic N) is 3. The van der Waals surface area contributed by atoms with Crippen molar-refractivity contribution in [1.82, 2.24) is 14.8 Å². The van der Waals surface area contributed by atoms with Crippen LogP contribution in [0.15, 0.2) is 54.7 Å². The van der Waals surface area contributed by atoms with Gasteiger partial charge in [0.05, 0.1) is 17.6 Å². The largest absolute Gasteiger partial charge is 0.325 e. The van der Waals surface area contributed by atoms with Gasteiger partial charge in [0.2, 0.25) is 5.91 Å². The lowest BCUT2D eigenvalue weighted by Crippen LogP contribution is -2.13. The summed E-state index contributed by atoms with van der Waals surface area (Å²) in [5.74, 6) is 0.724. The first-order chi connectivity index (χ1) is 11.6. The number of aromatic nitrogens is 3. The lowest BCUT2D eigenvalue weighted by Gasteiger charge is -2.07. The second-order valence-electron chi connectivity index (χ2n) is 5.78. The Kier molecular flexibility index (Phi) is 4.70. The number of carbonyl (C=O) groups is 1. The summed E-state index contributed by atoms with van der Waals surface area (Å²) in [5, 5.41) is 7.28. The standard InChI is InChI=1S/C19H20N4O/c1-14-12-15(2)23(22-14)18-10-9-17(13-20-18)21-19(24)11-8-16-6-4-3-5-7-16/h3-7,9-10,12-13H,8,11H2,1-2H3,(H,21,24). The second-order valence-corrected chi connectivity index (χ2v) is 5.78. The summed E-state index contributed by atoms with van der Waals surface area (Å²) < 4.78 is 1.79. The molecule has 24 heavy (non-hydrogen) atoms.